The number of amides is 1. The summed E-state index contributed by atoms with van der Waals surface area (Å²) >= 11 is 7.77. The van der Waals surface area contributed by atoms with Crippen LogP contribution in [-0.4, -0.2) is 27.0 Å². The third kappa shape index (κ3) is 4.74. The number of anilines is 1. The minimum absolute atomic E-state index is 0. The number of halogens is 2. The molecule has 5 aromatic rings. The molecule has 0 atom stereocenters. The van der Waals surface area contributed by atoms with Crippen molar-refractivity contribution in [1.29, 1.82) is 0 Å². The molecule has 168 valence electrons. The highest BCUT2D eigenvalue weighted by atomic mass is 35.5. The molecule has 0 saturated carbocycles. The van der Waals surface area contributed by atoms with Crippen molar-refractivity contribution in [1.82, 2.24) is 14.5 Å². The highest BCUT2D eigenvalue weighted by Crippen LogP contribution is 2.34. The number of carbonyl (C=O) groups excluding carboxylic acids is 1. The summed E-state index contributed by atoms with van der Waals surface area (Å²) in [4.78, 5) is 24.6. The summed E-state index contributed by atoms with van der Waals surface area (Å²) < 4.78 is 3.00. The van der Waals surface area contributed by atoms with Crippen molar-refractivity contribution in [2.75, 3.05) is 11.4 Å². The van der Waals surface area contributed by atoms with Gasteiger partial charge < -0.3 is 4.57 Å². The van der Waals surface area contributed by atoms with Gasteiger partial charge in [-0.3, -0.25) is 9.69 Å². The number of fused-ring (bicyclic) bond motifs is 2. The molecule has 0 aliphatic carbocycles. The summed E-state index contributed by atoms with van der Waals surface area (Å²) in [6, 6.07) is 17.6. The Hall–Kier alpha value is -2.93. The molecule has 5 rings (SSSR count). The van der Waals surface area contributed by atoms with Crippen LogP contribution >= 0.6 is 35.3 Å². The van der Waals surface area contributed by atoms with Crippen LogP contribution in [0.1, 0.15) is 22.3 Å². The van der Waals surface area contributed by atoms with E-state index >= 15 is 0 Å². The summed E-state index contributed by atoms with van der Waals surface area (Å²) in [5.74, 6) is -0.0461. The maximum atomic E-state index is 13.8. The van der Waals surface area contributed by atoms with E-state index in [2.05, 4.69) is 4.98 Å². The van der Waals surface area contributed by atoms with E-state index in [0.29, 0.717) is 22.3 Å². The first-order chi connectivity index (χ1) is 15.6. The van der Waals surface area contributed by atoms with Gasteiger partial charge in [-0.05, 0) is 47.9 Å². The van der Waals surface area contributed by atoms with E-state index in [1.165, 1.54) is 11.3 Å². The molecular weight excluding hydrogens is 475 g/mol. The maximum absolute atomic E-state index is 13.8. The van der Waals surface area contributed by atoms with E-state index in [4.69, 9.17) is 16.6 Å². The number of benzene rings is 3. The summed E-state index contributed by atoms with van der Waals surface area (Å²) in [6.45, 7) is 3.32. The lowest BCUT2D eigenvalue weighted by molar-refractivity contribution is 0.0988. The molecular formula is C25H22Cl2N4OS. The largest absolute Gasteiger partial charge is 0.337 e. The zero-order valence-corrected chi connectivity index (χ0v) is 20.3. The summed E-state index contributed by atoms with van der Waals surface area (Å²) in [5, 5.41) is 3.36. The number of carbonyl (C=O) groups is 1. The van der Waals surface area contributed by atoms with E-state index < -0.39 is 0 Å². The number of aromatic nitrogens is 3. The van der Waals surface area contributed by atoms with Crippen molar-refractivity contribution >= 4 is 67.4 Å². The zero-order chi connectivity index (χ0) is 22.1. The zero-order valence-electron chi connectivity index (χ0n) is 17.9. The van der Waals surface area contributed by atoms with Gasteiger partial charge in [0, 0.05) is 36.1 Å². The molecule has 0 bridgehead atoms. The number of aryl methyl sites for hydroxylation is 2. The SMILES string of the molecule is Cc1cc(Cl)cc2sc(N(CCCn3ccnc3)C(=O)c3cccc4ccccc34)nc12.Cl. The van der Waals surface area contributed by atoms with Gasteiger partial charge in [0.05, 0.1) is 16.5 Å². The molecule has 33 heavy (non-hydrogen) atoms. The third-order valence-corrected chi connectivity index (χ3v) is 6.74. The van der Waals surface area contributed by atoms with E-state index in [9.17, 15) is 4.79 Å². The smallest absolute Gasteiger partial charge is 0.260 e. The van der Waals surface area contributed by atoms with Gasteiger partial charge in [-0.1, -0.05) is 59.3 Å². The lowest BCUT2D eigenvalue weighted by Crippen LogP contribution is -2.32. The minimum atomic E-state index is -0.0461. The van der Waals surface area contributed by atoms with Gasteiger partial charge in [0.1, 0.15) is 0 Å². The fourth-order valence-electron chi connectivity index (χ4n) is 3.93. The number of nitrogens with zero attached hydrogens (tertiary/aromatic N) is 4. The number of hydrogen-bond donors (Lipinski definition) is 0. The number of hydrogen-bond acceptors (Lipinski definition) is 4. The van der Waals surface area contributed by atoms with Crippen LogP contribution in [0.2, 0.25) is 5.02 Å². The van der Waals surface area contributed by atoms with Crippen molar-refractivity contribution in [2.45, 2.75) is 19.9 Å². The molecule has 0 saturated heterocycles. The Balaban J connectivity index is 0.00000259. The average molecular weight is 497 g/mol. The molecule has 0 aliphatic heterocycles. The summed E-state index contributed by atoms with van der Waals surface area (Å²) in [5.41, 5.74) is 2.57. The fourth-order valence-corrected chi connectivity index (χ4v) is 5.37. The normalized spacial score (nSPS) is 11.0. The molecule has 0 fully saturated rings. The fraction of sp³-hybridized carbons (Fsp3) is 0.160. The molecule has 3 aromatic carbocycles. The van der Waals surface area contributed by atoms with Gasteiger partial charge in [0.15, 0.2) is 5.13 Å². The van der Waals surface area contributed by atoms with Crippen LogP contribution in [0.4, 0.5) is 5.13 Å². The second kappa shape index (κ2) is 9.91. The van der Waals surface area contributed by atoms with Crippen LogP contribution in [0.15, 0.2) is 73.3 Å². The van der Waals surface area contributed by atoms with E-state index in [-0.39, 0.29) is 18.3 Å². The Morgan fingerprint density at radius 1 is 1.15 bits per heavy atom. The Morgan fingerprint density at radius 3 is 2.79 bits per heavy atom. The Labute approximate surface area is 207 Å². The molecule has 2 heterocycles. The van der Waals surface area contributed by atoms with Gasteiger partial charge in [0.2, 0.25) is 0 Å². The molecule has 0 unspecified atom stereocenters. The first-order valence-corrected chi connectivity index (χ1v) is 11.6. The highest BCUT2D eigenvalue weighted by molar-refractivity contribution is 7.22. The average Bonchev–Trinajstić information content (AvgIpc) is 3.46. The number of imidazole rings is 1. The lowest BCUT2D eigenvalue weighted by atomic mass is 10.0. The third-order valence-electron chi connectivity index (χ3n) is 5.49. The predicted molar refractivity (Wildman–Crippen MR) is 139 cm³/mol. The number of thiazole rings is 1. The summed E-state index contributed by atoms with van der Waals surface area (Å²) in [6.07, 6.45) is 6.27. The minimum Gasteiger partial charge on any atom is -0.337 e. The first kappa shape index (κ1) is 23.2. The van der Waals surface area contributed by atoms with E-state index in [0.717, 1.165) is 39.5 Å². The van der Waals surface area contributed by atoms with Crippen molar-refractivity contribution in [3.05, 3.63) is 89.5 Å². The quantitative estimate of drug-likeness (QED) is 0.260. The Bertz CT molecular complexity index is 1410. The highest BCUT2D eigenvalue weighted by Gasteiger charge is 2.23. The molecule has 0 aliphatic rings. The van der Waals surface area contributed by atoms with Crippen molar-refractivity contribution < 1.29 is 4.79 Å². The molecule has 0 spiro atoms. The first-order valence-electron chi connectivity index (χ1n) is 10.4. The molecule has 1 amide bonds. The van der Waals surface area contributed by atoms with E-state index in [1.54, 1.807) is 17.4 Å². The molecule has 0 N–H and O–H groups in total. The van der Waals surface area contributed by atoms with Crippen LogP contribution in [-0.2, 0) is 6.54 Å². The Morgan fingerprint density at radius 2 is 1.97 bits per heavy atom. The molecule has 5 nitrogen and oxygen atoms in total. The second-order valence-corrected chi connectivity index (χ2v) is 9.15. The van der Waals surface area contributed by atoms with Gasteiger partial charge in [-0.25, -0.2) is 9.97 Å². The predicted octanol–water partition coefficient (Wildman–Crippen LogP) is 6.77. The van der Waals surface area contributed by atoms with Crippen LogP contribution in [0.5, 0.6) is 0 Å². The summed E-state index contributed by atoms with van der Waals surface area (Å²) in [7, 11) is 0. The molecule has 8 heteroatoms. The van der Waals surface area contributed by atoms with Gasteiger partial charge in [-0.15, -0.1) is 12.4 Å². The topological polar surface area (TPSA) is 51.0 Å². The van der Waals surface area contributed by atoms with Crippen molar-refractivity contribution in [3.8, 4) is 0 Å². The lowest BCUT2D eigenvalue weighted by Gasteiger charge is -2.21. The van der Waals surface area contributed by atoms with Crippen LogP contribution in [0.3, 0.4) is 0 Å². The van der Waals surface area contributed by atoms with Crippen molar-refractivity contribution in [3.63, 3.8) is 0 Å². The molecule has 0 radical (unpaired) electrons. The standard InChI is InChI=1S/C25H21ClN4OS.ClH/c1-17-14-19(26)15-22-23(17)28-25(32-22)30(12-5-11-29-13-10-27-16-29)24(31)21-9-4-7-18-6-2-3-8-20(18)21;/h2-4,6-10,13-16H,5,11-12H2,1H3;1H. The molecule has 2 aromatic heterocycles. The van der Waals surface area contributed by atoms with Crippen LogP contribution in [0, 0.1) is 6.92 Å². The van der Waals surface area contributed by atoms with Gasteiger partial charge >= 0.3 is 0 Å². The van der Waals surface area contributed by atoms with Crippen molar-refractivity contribution in [2.24, 2.45) is 0 Å². The monoisotopic (exact) mass is 496 g/mol. The van der Waals surface area contributed by atoms with Gasteiger partial charge in [0.25, 0.3) is 5.91 Å². The van der Waals surface area contributed by atoms with Crippen LogP contribution in [0.25, 0.3) is 21.0 Å². The number of rotatable bonds is 6. The van der Waals surface area contributed by atoms with Gasteiger partial charge in [-0.2, -0.15) is 0 Å². The van der Waals surface area contributed by atoms with Crippen LogP contribution < -0.4 is 4.90 Å². The maximum Gasteiger partial charge on any atom is 0.260 e. The second-order valence-electron chi connectivity index (χ2n) is 7.70. The Kier molecular flexibility index (Phi) is 6.98. The van der Waals surface area contributed by atoms with E-state index in [1.807, 2.05) is 72.3 Å².